The molecule has 0 aliphatic carbocycles. The van der Waals surface area contributed by atoms with Gasteiger partial charge >= 0.3 is 6.18 Å². The second kappa shape index (κ2) is 4.82. The van der Waals surface area contributed by atoms with Crippen LogP contribution in [0.1, 0.15) is 15.9 Å². The molecule has 0 atom stereocenters. The molecule has 0 radical (unpaired) electrons. The maximum atomic E-state index is 12.6. The molecule has 0 saturated carbocycles. The van der Waals surface area contributed by atoms with Crippen molar-refractivity contribution in [2.45, 2.75) is 6.18 Å². The van der Waals surface area contributed by atoms with Gasteiger partial charge in [0.05, 0.1) is 17.2 Å². The minimum atomic E-state index is -4.62. The summed E-state index contributed by atoms with van der Waals surface area (Å²) in [6, 6.07) is 2.41. The molecule has 4 nitrogen and oxygen atoms in total. The van der Waals surface area contributed by atoms with Gasteiger partial charge in [-0.05, 0) is 6.07 Å². The number of pyridine rings is 1. The van der Waals surface area contributed by atoms with Crippen LogP contribution in [-0.2, 0) is 6.18 Å². The summed E-state index contributed by atoms with van der Waals surface area (Å²) < 4.78 is 37.8. The molecule has 0 N–H and O–H groups in total. The summed E-state index contributed by atoms with van der Waals surface area (Å²) in [5.74, 6) is -0.882. The van der Waals surface area contributed by atoms with Crippen LogP contribution in [0.15, 0.2) is 18.5 Å². The zero-order chi connectivity index (χ0) is 13.1. The van der Waals surface area contributed by atoms with E-state index in [1.165, 1.54) is 7.05 Å². The van der Waals surface area contributed by atoms with Crippen molar-refractivity contribution in [3.8, 4) is 6.07 Å². The molecule has 7 heteroatoms. The molecule has 0 unspecified atom stereocenters. The van der Waals surface area contributed by atoms with Crippen molar-refractivity contribution in [3.63, 3.8) is 0 Å². The monoisotopic (exact) mass is 243 g/mol. The van der Waals surface area contributed by atoms with E-state index in [0.29, 0.717) is 0 Å². The van der Waals surface area contributed by atoms with Gasteiger partial charge in [0.1, 0.15) is 6.54 Å². The Labute approximate surface area is 95.3 Å². The molecule has 1 rings (SSSR count). The van der Waals surface area contributed by atoms with Gasteiger partial charge in [0.15, 0.2) is 0 Å². The summed E-state index contributed by atoms with van der Waals surface area (Å²) in [5, 5.41) is 8.38. The summed E-state index contributed by atoms with van der Waals surface area (Å²) in [7, 11) is 1.25. The van der Waals surface area contributed by atoms with Crippen LogP contribution in [0.4, 0.5) is 13.2 Å². The molecule has 0 aliphatic heterocycles. The predicted octanol–water partition coefficient (Wildman–Crippen LogP) is 1.70. The van der Waals surface area contributed by atoms with Gasteiger partial charge in [-0.1, -0.05) is 0 Å². The summed E-state index contributed by atoms with van der Waals surface area (Å²) in [6.07, 6.45) is -2.82. The SMILES string of the molecule is CN(CC#N)C(=O)c1cnccc1C(F)(F)F. The predicted molar refractivity (Wildman–Crippen MR) is 51.8 cm³/mol. The molecule has 17 heavy (non-hydrogen) atoms. The molecule has 0 aromatic carbocycles. The summed E-state index contributed by atoms with van der Waals surface area (Å²) in [5.41, 5.74) is -1.61. The molecule has 0 bridgehead atoms. The maximum Gasteiger partial charge on any atom is 0.417 e. The highest BCUT2D eigenvalue weighted by Gasteiger charge is 2.35. The molecular weight excluding hydrogens is 235 g/mol. The summed E-state index contributed by atoms with van der Waals surface area (Å²) in [4.78, 5) is 16.0. The number of carbonyl (C=O) groups excluding carboxylic acids is 1. The zero-order valence-electron chi connectivity index (χ0n) is 8.82. The smallest absolute Gasteiger partial charge is 0.328 e. The van der Waals surface area contributed by atoms with Crippen molar-refractivity contribution < 1.29 is 18.0 Å². The third-order valence-corrected chi connectivity index (χ3v) is 2.01. The van der Waals surface area contributed by atoms with Gasteiger partial charge in [0.2, 0.25) is 0 Å². The largest absolute Gasteiger partial charge is 0.417 e. The van der Waals surface area contributed by atoms with Crippen molar-refractivity contribution in [1.82, 2.24) is 9.88 Å². The van der Waals surface area contributed by atoms with Gasteiger partial charge in [-0.3, -0.25) is 9.78 Å². The highest BCUT2D eigenvalue weighted by atomic mass is 19.4. The lowest BCUT2D eigenvalue weighted by atomic mass is 10.1. The first-order chi connectivity index (χ1) is 7.88. The number of hydrogen-bond donors (Lipinski definition) is 0. The Morgan fingerprint density at radius 2 is 2.24 bits per heavy atom. The number of carbonyl (C=O) groups is 1. The maximum absolute atomic E-state index is 12.6. The normalized spacial score (nSPS) is 10.8. The van der Waals surface area contributed by atoms with Gasteiger partial charge < -0.3 is 4.90 Å². The Kier molecular flexibility index (Phi) is 3.68. The first-order valence-corrected chi connectivity index (χ1v) is 4.51. The molecule has 1 aromatic rings. The van der Waals surface area contributed by atoms with Crippen LogP contribution in [0, 0.1) is 11.3 Å². The van der Waals surface area contributed by atoms with Gasteiger partial charge in [-0.2, -0.15) is 18.4 Å². The van der Waals surface area contributed by atoms with E-state index in [1.807, 2.05) is 0 Å². The molecular formula is C10H8F3N3O. The summed E-state index contributed by atoms with van der Waals surface area (Å²) >= 11 is 0. The van der Waals surface area contributed by atoms with E-state index >= 15 is 0 Å². The Balaban J connectivity index is 3.15. The zero-order valence-corrected chi connectivity index (χ0v) is 8.82. The average molecular weight is 243 g/mol. The van der Waals surface area contributed by atoms with E-state index in [4.69, 9.17) is 5.26 Å². The summed E-state index contributed by atoms with van der Waals surface area (Å²) in [6.45, 7) is -0.287. The Hall–Kier alpha value is -2.10. The number of aromatic nitrogens is 1. The third-order valence-electron chi connectivity index (χ3n) is 2.01. The van der Waals surface area contributed by atoms with Crippen LogP contribution in [0.3, 0.4) is 0 Å². The minimum absolute atomic E-state index is 0.287. The molecule has 0 saturated heterocycles. The van der Waals surface area contributed by atoms with E-state index in [-0.39, 0.29) is 6.54 Å². The first-order valence-electron chi connectivity index (χ1n) is 4.51. The number of nitrogens with zero attached hydrogens (tertiary/aromatic N) is 3. The van der Waals surface area contributed by atoms with Crippen LogP contribution in [0.2, 0.25) is 0 Å². The van der Waals surface area contributed by atoms with E-state index in [9.17, 15) is 18.0 Å². The van der Waals surface area contributed by atoms with Crippen LogP contribution < -0.4 is 0 Å². The Morgan fingerprint density at radius 3 is 2.76 bits per heavy atom. The lowest BCUT2D eigenvalue weighted by Crippen LogP contribution is -2.29. The van der Waals surface area contributed by atoms with Gasteiger partial charge in [0.25, 0.3) is 5.91 Å². The fraction of sp³-hybridized carbons (Fsp3) is 0.300. The van der Waals surface area contributed by atoms with Gasteiger partial charge in [-0.25, -0.2) is 0 Å². The molecule has 0 fully saturated rings. The standard InChI is InChI=1S/C10H8F3N3O/c1-16(5-3-14)9(17)7-6-15-4-2-8(7)10(11,12)13/h2,4,6H,5H2,1H3. The molecule has 0 spiro atoms. The fourth-order valence-corrected chi connectivity index (χ4v) is 1.20. The van der Waals surface area contributed by atoms with Crippen molar-refractivity contribution in [2.24, 2.45) is 0 Å². The molecule has 1 heterocycles. The minimum Gasteiger partial charge on any atom is -0.328 e. The van der Waals surface area contributed by atoms with E-state index in [0.717, 1.165) is 23.4 Å². The van der Waals surface area contributed by atoms with Crippen molar-refractivity contribution >= 4 is 5.91 Å². The highest BCUT2D eigenvalue weighted by molar-refractivity contribution is 5.95. The third kappa shape index (κ3) is 2.93. The van der Waals surface area contributed by atoms with Crippen LogP contribution in [0.25, 0.3) is 0 Å². The average Bonchev–Trinajstić information content (AvgIpc) is 2.27. The number of alkyl halides is 3. The molecule has 1 aromatic heterocycles. The van der Waals surface area contributed by atoms with Crippen molar-refractivity contribution in [3.05, 3.63) is 29.6 Å². The first kappa shape index (κ1) is 13.0. The van der Waals surface area contributed by atoms with Crippen LogP contribution >= 0.6 is 0 Å². The van der Waals surface area contributed by atoms with Crippen molar-refractivity contribution in [1.29, 1.82) is 5.26 Å². The molecule has 0 aliphatic rings. The fourth-order valence-electron chi connectivity index (χ4n) is 1.20. The lowest BCUT2D eigenvalue weighted by molar-refractivity contribution is -0.138. The van der Waals surface area contributed by atoms with E-state index in [2.05, 4.69) is 4.98 Å². The van der Waals surface area contributed by atoms with Gasteiger partial charge in [-0.15, -0.1) is 0 Å². The van der Waals surface area contributed by atoms with Crippen molar-refractivity contribution in [2.75, 3.05) is 13.6 Å². The second-order valence-electron chi connectivity index (χ2n) is 3.24. The topological polar surface area (TPSA) is 57.0 Å². The molecule has 90 valence electrons. The quantitative estimate of drug-likeness (QED) is 0.743. The number of amides is 1. The molecule has 1 amide bonds. The lowest BCUT2D eigenvalue weighted by Gasteiger charge is -2.16. The number of halogens is 3. The Bertz CT molecular complexity index is 465. The Morgan fingerprint density at radius 1 is 1.59 bits per heavy atom. The second-order valence-corrected chi connectivity index (χ2v) is 3.24. The van der Waals surface area contributed by atoms with E-state index in [1.54, 1.807) is 6.07 Å². The number of rotatable bonds is 2. The van der Waals surface area contributed by atoms with Crippen LogP contribution in [0.5, 0.6) is 0 Å². The number of nitriles is 1. The van der Waals surface area contributed by atoms with Crippen LogP contribution in [-0.4, -0.2) is 29.4 Å². The number of hydrogen-bond acceptors (Lipinski definition) is 3. The van der Waals surface area contributed by atoms with E-state index < -0.39 is 23.2 Å². The highest BCUT2D eigenvalue weighted by Crippen LogP contribution is 2.31. The van der Waals surface area contributed by atoms with Gasteiger partial charge in [0, 0.05) is 19.4 Å².